The molecule has 0 radical (unpaired) electrons. The summed E-state index contributed by atoms with van der Waals surface area (Å²) >= 11 is 0. The first kappa shape index (κ1) is 16.4. The number of carbonyl (C=O) groups excluding carboxylic acids is 2. The summed E-state index contributed by atoms with van der Waals surface area (Å²) < 4.78 is 26.5. The van der Waals surface area contributed by atoms with Crippen molar-refractivity contribution in [3.8, 4) is 0 Å². The maximum atomic E-state index is 13.6. The molecule has 1 heterocycles. The number of amides is 3. The van der Waals surface area contributed by atoms with Crippen LogP contribution in [0.3, 0.4) is 0 Å². The Morgan fingerprint density at radius 1 is 1.36 bits per heavy atom. The van der Waals surface area contributed by atoms with Crippen molar-refractivity contribution in [1.29, 1.82) is 0 Å². The average molecular weight is 312 g/mol. The summed E-state index contributed by atoms with van der Waals surface area (Å²) in [7, 11) is 0. The SMILES string of the molecule is CCC[C@]1(C)NC(=O)N(C[C@@H](O)c2ccc(F)cc2F)C1=O. The van der Waals surface area contributed by atoms with E-state index in [0.29, 0.717) is 18.9 Å². The molecule has 2 N–H and O–H groups in total. The van der Waals surface area contributed by atoms with Crippen LogP contribution >= 0.6 is 0 Å². The van der Waals surface area contributed by atoms with Crippen molar-refractivity contribution in [2.45, 2.75) is 38.3 Å². The number of halogens is 2. The van der Waals surface area contributed by atoms with Gasteiger partial charge in [0.05, 0.1) is 12.6 Å². The first-order valence-electron chi connectivity index (χ1n) is 7.05. The van der Waals surface area contributed by atoms with Gasteiger partial charge >= 0.3 is 6.03 Å². The second-order valence-corrected chi connectivity index (χ2v) is 5.61. The van der Waals surface area contributed by atoms with Crippen molar-refractivity contribution in [3.63, 3.8) is 0 Å². The summed E-state index contributed by atoms with van der Waals surface area (Å²) in [6.07, 6.45) is -0.250. The number of nitrogens with zero attached hydrogens (tertiary/aromatic N) is 1. The van der Waals surface area contributed by atoms with Crippen LogP contribution in [0.5, 0.6) is 0 Å². The van der Waals surface area contributed by atoms with Crippen LogP contribution in [0.25, 0.3) is 0 Å². The van der Waals surface area contributed by atoms with E-state index in [-0.39, 0.29) is 12.1 Å². The summed E-state index contributed by atoms with van der Waals surface area (Å²) in [6.45, 7) is 3.12. The summed E-state index contributed by atoms with van der Waals surface area (Å²) in [4.78, 5) is 25.1. The lowest BCUT2D eigenvalue weighted by Crippen LogP contribution is -2.44. The van der Waals surface area contributed by atoms with Crippen molar-refractivity contribution in [2.24, 2.45) is 0 Å². The molecule has 0 spiro atoms. The molecule has 0 bridgehead atoms. The number of hydrogen-bond acceptors (Lipinski definition) is 3. The molecule has 3 amide bonds. The van der Waals surface area contributed by atoms with Gasteiger partial charge in [0.2, 0.25) is 0 Å². The van der Waals surface area contributed by atoms with Gasteiger partial charge in [-0.3, -0.25) is 9.69 Å². The molecule has 2 rings (SSSR count). The van der Waals surface area contributed by atoms with Crippen molar-refractivity contribution >= 4 is 11.9 Å². The van der Waals surface area contributed by atoms with Crippen LogP contribution in [0.15, 0.2) is 18.2 Å². The van der Waals surface area contributed by atoms with E-state index in [0.717, 1.165) is 17.0 Å². The molecule has 1 aromatic rings. The van der Waals surface area contributed by atoms with Crippen molar-refractivity contribution in [2.75, 3.05) is 6.54 Å². The molecule has 0 aromatic heterocycles. The molecular weight excluding hydrogens is 294 g/mol. The fourth-order valence-electron chi connectivity index (χ4n) is 2.63. The van der Waals surface area contributed by atoms with Gasteiger partial charge < -0.3 is 10.4 Å². The fourth-order valence-corrected chi connectivity index (χ4v) is 2.63. The molecule has 1 aliphatic rings. The highest BCUT2D eigenvalue weighted by Gasteiger charge is 2.47. The van der Waals surface area contributed by atoms with Crippen LogP contribution in [-0.4, -0.2) is 34.0 Å². The van der Waals surface area contributed by atoms with E-state index >= 15 is 0 Å². The van der Waals surface area contributed by atoms with E-state index in [4.69, 9.17) is 0 Å². The molecule has 0 aliphatic carbocycles. The zero-order chi connectivity index (χ0) is 16.5. The van der Waals surface area contributed by atoms with E-state index in [2.05, 4.69) is 5.32 Å². The molecule has 0 unspecified atom stereocenters. The van der Waals surface area contributed by atoms with Gasteiger partial charge in [0.1, 0.15) is 17.2 Å². The number of carbonyl (C=O) groups is 2. The normalized spacial score (nSPS) is 22.9. The van der Waals surface area contributed by atoms with Crippen molar-refractivity contribution < 1.29 is 23.5 Å². The maximum Gasteiger partial charge on any atom is 0.325 e. The number of imide groups is 1. The Kier molecular flexibility index (Phi) is 4.46. The molecule has 1 saturated heterocycles. The highest BCUT2D eigenvalue weighted by molar-refractivity contribution is 6.06. The topological polar surface area (TPSA) is 69.6 Å². The van der Waals surface area contributed by atoms with Crippen molar-refractivity contribution in [1.82, 2.24) is 10.2 Å². The number of urea groups is 1. The maximum absolute atomic E-state index is 13.6. The van der Waals surface area contributed by atoms with Gasteiger partial charge in [-0.15, -0.1) is 0 Å². The van der Waals surface area contributed by atoms with E-state index in [1.54, 1.807) is 6.92 Å². The minimum absolute atomic E-state index is 0.161. The molecule has 7 heteroatoms. The predicted molar refractivity (Wildman–Crippen MR) is 74.9 cm³/mol. The Balaban J connectivity index is 2.16. The quantitative estimate of drug-likeness (QED) is 0.818. The van der Waals surface area contributed by atoms with E-state index in [1.165, 1.54) is 0 Å². The Bertz CT molecular complexity index is 608. The van der Waals surface area contributed by atoms with Gasteiger partial charge in [-0.2, -0.15) is 0 Å². The van der Waals surface area contributed by atoms with Gasteiger partial charge in [0.25, 0.3) is 5.91 Å². The average Bonchev–Trinajstić information content (AvgIpc) is 2.62. The minimum Gasteiger partial charge on any atom is -0.386 e. The second kappa shape index (κ2) is 6.00. The molecule has 5 nitrogen and oxygen atoms in total. The van der Waals surface area contributed by atoms with Crippen LogP contribution in [0.1, 0.15) is 38.4 Å². The number of aliphatic hydroxyl groups excluding tert-OH is 1. The van der Waals surface area contributed by atoms with E-state index in [1.807, 2.05) is 6.92 Å². The standard InChI is InChI=1S/C15H18F2N2O3/c1-3-6-15(2)13(21)19(14(22)18-15)8-12(20)10-5-4-9(16)7-11(10)17/h4-5,7,12,20H,3,6,8H2,1-2H3,(H,18,22)/t12-,15+/m1/s1. The highest BCUT2D eigenvalue weighted by Crippen LogP contribution is 2.26. The summed E-state index contributed by atoms with van der Waals surface area (Å²) in [5, 5.41) is 12.6. The third-order valence-corrected chi connectivity index (χ3v) is 3.77. The lowest BCUT2D eigenvalue weighted by molar-refractivity contribution is -0.132. The zero-order valence-electron chi connectivity index (χ0n) is 12.4. The molecule has 0 saturated carbocycles. The number of β-amino-alcohol motifs (C(OH)–C–C–N with tert-alkyl or cyclic N) is 1. The summed E-state index contributed by atoms with van der Waals surface area (Å²) in [5.41, 5.74) is -1.17. The number of rotatable bonds is 5. The van der Waals surface area contributed by atoms with Crippen LogP contribution in [0.2, 0.25) is 0 Å². The first-order chi connectivity index (χ1) is 10.3. The molecule has 1 fully saturated rings. The predicted octanol–water partition coefficient (Wildman–Crippen LogP) is 2.11. The Labute approximate surface area is 126 Å². The lowest BCUT2D eigenvalue weighted by atomic mass is 9.96. The smallest absolute Gasteiger partial charge is 0.325 e. The summed E-state index contributed by atoms with van der Waals surface area (Å²) in [6, 6.07) is 2.13. The number of nitrogens with one attached hydrogen (secondary N) is 1. The largest absolute Gasteiger partial charge is 0.386 e. The number of hydrogen-bond donors (Lipinski definition) is 2. The van der Waals surface area contributed by atoms with Gasteiger partial charge in [0.15, 0.2) is 0 Å². The molecular formula is C15H18F2N2O3. The first-order valence-corrected chi connectivity index (χ1v) is 7.05. The third kappa shape index (κ3) is 2.94. The fraction of sp³-hybridized carbons (Fsp3) is 0.467. The third-order valence-electron chi connectivity index (χ3n) is 3.77. The van der Waals surface area contributed by atoms with Gasteiger partial charge in [-0.05, 0) is 19.4 Å². The molecule has 120 valence electrons. The van der Waals surface area contributed by atoms with Gasteiger partial charge in [-0.1, -0.05) is 19.4 Å². The van der Waals surface area contributed by atoms with Crippen LogP contribution in [0.4, 0.5) is 13.6 Å². The Morgan fingerprint density at radius 3 is 2.64 bits per heavy atom. The van der Waals surface area contributed by atoms with E-state index < -0.39 is 35.2 Å². The zero-order valence-corrected chi connectivity index (χ0v) is 12.4. The van der Waals surface area contributed by atoms with E-state index in [9.17, 15) is 23.5 Å². The molecule has 1 aromatic carbocycles. The van der Waals surface area contributed by atoms with Gasteiger partial charge in [0, 0.05) is 11.6 Å². The number of benzene rings is 1. The summed E-state index contributed by atoms with van der Waals surface area (Å²) in [5.74, 6) is -2.14. The molecule has 1 aliphatic heterocycles. The Hall–Kier alpha value is -2.02. The second-order valence-electron chi connectivity index (χ2n) is 5.61. The number of aliphatic hydroxyl groups is 1. The minimum atomic E-state index is -1.42. The van der Waals surface area contributed by atoms with Crippen LogP contribution in [-0.2, 0) is 4.79 Å². The van der Waals surface area contributed by atoms with Gasteiger partial charge in [-0.25, -0.2) is 13.6 Å². The lowest BCUT2D eigenvalue weighted by Gasteiger charge is -2.22. The van der Waals surface area contributed by atoms with Crippen LogP contribution in [0, 0.1) is 11.6 Å². The van der Waals surface area contributed by atoms with Crippen LogP contribution < -0.4 is 5.32 Å². The highest BCUT2D eigenvalue weighted by atomic mass is 19.1. The van der Waals surface area contributed by atoms with Crippen molar-refractivity contribution in [3.05, 3.63) is 35.4 Å². The molecule has 2 atom stereocenters. The molecule has 22 heavy (non-hydrogen) atoms. The Morgan fingerprint density at radius 2 is 2.05 bits per heavy atom. The monoisotopic (exact) mass is 312 g/mol.